The minimum absolute atomic E-state index is 0.222. The first-order valence-electron chi connectivity index (χ1n) is 6.42. The van der Waals surface area contributed by atoms with Crippen molar-refractivity contribution in [2.45, 2.75) is 6.92 Å². The molecule has 0 atom stereocenters. The van der Waals surface area contributed by atoms with E-state index in [-0.39, 0.29) is 5.91 Å². The molecule has 0 aliphatic heterocycles. The molecule has 0 bridgehead atoms. The highest BCUT2D eigenvalue weighted by Gasteiger charge is 2.05. The SMILES string of the molecule is CCOc1cc(/C=N\NC(=O)c2cccs2)ccc1OC. The van der Waals surface area contributed by atoms with E-state index < -0.39 is 0 Å². The van der Waals surface area contributed by atoms with E-state index in [0.29, 0.717) is 23.0 Å². The normalized spacial score (nSPS) is 10.6. The summed E-state index contributed by atoms with van der Waals surface area (Å²) in [4.78, 5) is 12.3. The number of hydrogen-bond acceptors (Lipinski definition) is 5. The molecule has 1 N–H and O–H groups in total. The monoisotopic (exact) mass is 304 g/mol. The van der Waals surface area contributed by atoms with Gasteiger partial charge in [0.1, 0.15) is 0 Å². The van der Waals surface area contributed by atoms with Crippen molar-refractivity contribution in [1.82, 2.24) is 5.43 Å². The van der Waals surface area contributed by atoms with Gasteiger partial charge in [0.15, 0.2) is 11.5 Å². The van der Waals surface area contributed by atoms with Crippen LogP contribution in [0.3, 0.4) is 0 Å². The Morgan fingerprint density at radius 2 is 2.24 bits per heavy atom. The van der Waals surface area contributed by atoms with Crippen LogP contribution in [0.15, 0.2) is 40.8 Å². The summed E-state index contributed by atoms with van der Waals surface area (Å²) in [6.45, 7) is 2.45. The highest BCUT2D eigenvalue weighted by molar-refractivity contribution is 7.12. The quantitative estimate of drug-likeness (QED) is 0.659. The molecule has 0 aliphatic carbocycles. The Morgan fingerprint density at radius 1 is 1.38 bits per heavy atom. The Morgan fingerprint density at radius 3 is 2.90 bits per heavy atom. The van der Waals surface area contributed by atoms with E-state index in [4.69, 9.17) is 9.47 Å². The molecule has 2 rings (SSSR count). The van der Waals surface area contributed by atoms with E-state index in [9.17, 15) is 4.79 Å². The van der Waals surface area contributed by atoms with Crippen LogP contribution in [-0.2, 0) is 0 Å². The number of hydrazone groups is 1. The third-order valence-electron chi connectivity index (χ3n) is 2.61. The van der Waals surface area contributed by atoms with Gasteiger partial charge in [-0.05, 0) is 42.1 Å². The number of thiophene rings is 1. The minimum Gasteiger partial charge on any atom is -0.493 e. The van der Waals surface area contributed by atoms with Gasteiger partial charge in [0.2, 0.25) is 0 Å². The molecular formula is C15H16N2O3S. The summed E-state index contributed by atoms with van der Waals surface area (Å²) >= 11 is 1.37. The summed E-state index contributed by atoms with van der Waals surface area (Å²) in [7, 11) is 1.59. The lowest BCUT2D eigenvalue weighted by Gasteiger charge is -2.09. The number of rotatable bonds is 6. The van der Waals surface area contributed by atoms with Crippen molar-refractivity contribution in [2.24, 2.45) is 5.10 Å². The maximum absolute atomic E-state index is 11.7. The van der Waals surface area contributed by atoms with E-state index in [2.05, 4.69) is 10.5 Å². The van der Waals surface area contributed by atoms with Crippen molar-refractivity contribution < 1.29 is 14.3 Å². The van der Waals surface area contributed by atoms with Crippen molar-refractivity contribution >= 4 is 23.5 Å². The maximum atomic E-state index is 11.7. The van der Waals surface area contributed by atoms with Gasteiger partial charge in [0.05, 0.1) is 24.8 Å². The van der Waals surface area contributed by atoms with E-state index in [1.807, 2.05) is 30.5 Å². The fourth-order valence-corrected chi connectivity index (χ4v) is 2.28. The van der Waals surface area contributed by atoms with E-state index in [0.717, 1.165) is 5.56 Å². The van der Waals surface area contributed by atoms with Gasteiger partial charge in [-0.1, -0.05) is 6.07 Å². The first kappa shape index (κ1) is 15.1. The molecular weight excluding hydrogens is 288 g/mol. The van der Waals surface area contributed by atoms with Crippen LogP contribution in [0.5, 0.6) is 11.5 Å². The highest BCUT2D eigenvalue weighted by Crippen LogP contribution is 2.27. The second-order valence-electron chi connectivity index (χ2n) is 4.02. The van der Waals surface area contributed by atoms with Gasteiger partial charge < -0.3 is 9.47 Å². The molecule has 0 radical (unpaired) electrons. The van der Waals surface area contributed by atoms with E-state index in [1.165, 1.54) is 11.3 Å². The summed E-state index contributed by atoms with van der Waals surface area (Å²) in [6, 6.07) is 9.01. The molecule has 0 spiro atoms. The minimum atomic E-state index is -0.222. The summed E-state index contributed by atoms with van der Waals surface area (Å²) in [5.74, 6) is 1.09. The zero-order chi connectivity index (χ0) is 15.1. The number of benzene rings is 1. The number of nitrogens with one attached hydrogen (secondary N) is 1. The molecule has 2 aromatic rings. The maximum Gasteiger partial charge on any atom is 0.281 e. The van der Waals surface area contributed by atoms with Gasteiger partial charge in [-0.25, -0.2) is 5.43 Å². The van der Waals surface area contributed by atoms with E-state index in [1.54, 1.807) is 25.5 Å². The van der Waals surface area contributed by atoms with Gasteiger partial charge in [0, 0.05) is 0 Å². The molecule has 6 heteroatoms. The Labute approximate surface area is 127 Å². The fourth-order valence-electron chi connectivity index (χ4n) is 1.67. The average molecular weight is 304 g/mol. The summed E-state index contributed by atoms with van der Waals surface area (Å²) < 4.78 is 10.7. The van der Waals surface area contributed by atoms with Crippen LogP contribution < -0.4 is 14.9 Å². The van der Waals surface area contributed by atoms with Crippen molar-refractivity contribution in [2.75, 3.05) is 13.7 Å². The molecule has 1 heterocycles. The summed E-state index contributed by atoms with van der Waals surface area (Å²) in [5, 5.41) is 5.78. The lowest BCUT2D eigenvalue weighted by molar-refractivity contribution is 0.0959. The third kappa shape index (κ3) is 4.06. The van der Waals surface area contributed by atoms with Gasteiger partial charge >= 0.3 is 0 Å². The van der Waals surface area contributed by atoms with Crippen LogP contribution in [0.4, 0.5) is 0 Å². The Hall–Kier alpha value is -2.34. The van der Waals surface area contributed by atoms with Gasteiger partial charge in [-0.3, -0.25) is 4.79 Å². The molecule has 5 nitrogen and oxygen atoms in total. The number of ether oxygens (including phenoxy) is 2. The van der Waals surface area contributed by atoms with Gasteiger partial charge in [-0.15, -0.1) is 11.3 Å². The van der Waals surface area contributed by atoms with Crippen molar-refractivity contribution in [1.29, 1.82) is 0 Å². The van der Waals surface area contributed by atoms with Gasteiger partial charge in [-0.2, -0.15) is 5.10 Å². The molecule has 1 aromatic carbocycles. The van der Waals surface area contributed by atoms with Crippen LogP contribution in [0, 0.1) is 0 Å². The molecule has 1 aromatic heterocycles. The average Bonchev–Trinajstić information content (AvgIpc) is 3.02. The standard InChI is InChI=1S/C15H16N2O3S/c1-3-20-13-9-11(6-7-12(13)19-2)10-16-17-15(18)14-5-4-8-21-14/h4-10H,3H2,1-2H3,(H,17,18)/b16-10-. The predicted molar refractivity (Wildman–Crippen MR) is 83.5 cm³/mol. The number of carbonyl (C=O) groups is 1. The summed E-state index contributed by atoms with van der Waals surface area (Å²) in [5.41, 5.74) is 3.29. The Bertz CT molecular complexity index is 624. The van der Waals surface area contributed by atoms with Crippen LogP contribution in [-0.4, -0.2) is 25.8 Å². The smallest absolute Gasteiger partial charge is 0.281 e. The van der Waals surface area contributed by atoms with Crippen LogP contribution in [0.2, 0.25) is 0 Å². The van der Waals surface area contributed by atoms with Crippen molar-refractivity contribution in [3.63, 3.8) is 0 Å². The molecule has 0 aliphatic rings. The highest BCUT2D eigenvalue weighted by atomic mass is 32.1. The lowest BCUT2D eigenvalue weighted by Crippen LogP contribution is -2.16. The van der Waals surface area contributed by atoms with E-state index >= 15 is 0 Å². The molecule has 1 amide bonds. The Kier molecular flexibility index (Phi) is 5.34. The molecule has 0 unspecified atom stereocenters. The zero-order valence-electron chi connectivity index (χ0n) is 11.8. The van der Waals surface area contributed by atoms with Crippen molar-refractivity contribution in [3.8, 4) is 11.5 Å². The molecule has 21 heavy (non-hydrogen) atoms. The largest absolute Gasteiger partial charge is 0.493 e. The molecule has 0 fully saturated rings. The fraction of sp³-hybridized carbons (Fsp3) is 0.200. The number of hydrogen-bond donors (Lipinski definition) is 1. The summed E-state index contributed by atoms with van der Waals surface area (Å²) in [6.07, 6.45) is 1.56. The number of methoxy groups -OCH3 is 1. The van der Waals surface area contributed by atoms with Crippen LogP contribution in [0.25, 0.3) is 0 Å². The molecule has 0 saturated carbocycles. The number of nitrogens with zero attached hydrogens (tertiary/aromatic N) is 1. The predicted octanol–water partition coefficient (Wildman–Crippen LogP) is 2.92. The molecule has 110 valence electrons. The van der Waals surface area contributed by atoms with Crippen molar-refractivity contribution in [3.05, 3.63) is 46.2 Å². The first-order chi connectivity index (χ1) is 10.2. The second kappa shape index (κ2) is 7.44. The van der Waals surface area contributed by atoms with Crippen LogP contribution >= 0.6 is 11.3 Å². The Balaban J connectivity index is 2.03. The topological polar surface area (TPSA) is 59.9 Å². The lowest BCUT2D eigenvalue weighted by atomic mass is 10.2. The number of carbonyl (C=O) groups excluding carboxylic acids is 1. The second-order valence-corrected chi connectivity index (χ2v) is 4.97. The molecule has 0 saturated heterocycles. The first-order valence-corrected chi connectivity index (χ1v) is 7.30. The van der Waals surface area contributed by atoms with Crippen LogP contribution in [0.1, 0.15) is 22.2 Å². The third-order valence-corrected chi connectivity index (χ3v) is 3.48. The number of amides is 1. The van der Waals surface area contributed by atoms with Gasteiger partial charge in [0.25, 0.3) is 5.91 Å². The zero-order valence-corrected chi connectivity index (χ0v) is 12.6.